The smallest absolute Gasteiger partial charge is 0.120 e. The molecule has 0 atom stereocenters. The van der Waals surface area contributed by atoms with E-state index in [0.717, 1.165) is 18.7 Å². The molecule has 106 valence electrons. The molecule has 1 saturated carbocycles. The van der Waals surface area contributed by atoms with Crippen LogP contribution in [0.25, 0.3) is 0 Å². The van der Waals surface area contributed by atoms with Crippen LogP contribution in [0.3, 0.4) is 0 Å². The quantitative estimate of drug-likeness (QED) is 0.856. The fourth-order valence-corrected chi connectivity index (χ4v) is 3.08. The molecule has 0 aromatic heterocycles. The number of aromatic hydroxyl groups is 1. The Hall–Kier alpha value is -1.06. The zero-order valence-corrected chi connectivity index (χ0v) is 12.2. The summed E-state index contributed by atoms with van der Waals surface area (Å²) in [4.78, 5) is 2.38. The molecule has 2 rings (SSSR count). The average Bonchev–Trinajstić information content (AvgIpc) is 2.42. The lowest BCUT2D eigenvalue weighted by atomic mass is 9.80. The monoisotopic (exact) mass is 262 g/mol. The molecule has 2 N–H and O–H groups in total. The van der Waals surface area contributed by atoms with Crippen LogP contribution in [-0.4, -0.2) is 36.2 Å². The third-order valence-electron chi connectivity index (χ3n) is 4.49. The van der Waals surface area contributed by atoms with E-state index in [9.17, 15) is 5.11 Å². The second-order valence-corrected chi connectivity index (χ2v) is 5.91. The van der Waals surface area contributed by atoms with Gasteiger partial charge in [0.25, 0.3) is 0 Å². The van der Waals surface area contributed by atoms with E-state index in [-0.39, 0.29) is 0 Å². The Labute approximate surface area is 116 Å². The minimum atomic E-state index is 0.294. The molecule has 0 aliphatic heterocycles. The van der Waals surface area contributed by atoms with Crippen LogP contribution in [0, 0.1) is 0 Å². The average molecular weight is 262 g/mol. The summed E-state index contributed by atoms with van der Waals surface area (Å²) in [5, 5.41) is 13.3. The van der Waals surface area contributed by atoms with E-state index in [2.05, 4.69) is 24.3 Å². The minimum absolute atomic E-state index is 0.294. The van der Waals surface area contributed by atoms with E-state index in [4.69, 9.17) is 0 Å². The highest BCUT2D eigenvalue weighted by Gasteiger charge is 2.33. The number of phenols is 1. The van der Waals surface area contributed by atoms with Gasteiger partial charge in [0.2, 0.25) is 0 Å². The molecule has 1 aromatic carbocycles. The largest absolute Gasteiger partial charge is 0.508 e. The maximum atomic E-state index is 9.77. The lowest BCUT2D eigenvalue weighted by molar-refractivity contribution is 0.0983. The molecule has 19 heavy (non-hydrogen) atoms. The van der Waals surface area contributed by atoms with Crippen molar-refractivity contribution in [3.63, 3.8) is 0 Å². The molecule has 3 nitrogen and oxygen atoms in total. The number of nitrogens with one attached hydrogen (secondary N) is 1. The van der Waals surface area contributed by atoms with E-state index in [1.807, 2.05) is 18.2 Å². The van der Waals surface area contributed by atoms with Crippen LogP contribution in [0.1, 0.15) is 37.7 Å². The molecule has 1 fully saturated rings. The summed E-state index contributed by atoms with van der Waals surface area (Å²) in [6, 6.07) is 7.56. The summed E-state index contributed by atoms with van der Waals surface area (Å²) >= 11 is 0. The van der Waals surface area contributed by atoms with Gasteiger partial charge < -0.3 is 15.3 Å². The first kappa shape index (κ1) is 14.4. The third-order valence-corrected chi connectivity index (χ3v) is 4.49. The Kier molecular flexibility index (Phi) is 4.83. The van der Waals surface area contributed by atoms with Gasteiger partial charge in [-0.25, -0.2) is 0 Å². The zero-order chi connectivity index (χ0) is 13.7. The Bertz CT molecular complexity index is 397. The summed E-state index contributed by atoms with van der Waals surface area (Å²) < 4.78 is 0. The van der Waals surface area contributed by atoms with Gasteiger partial charge in [-0.15, -0.1) is 0 Å². The maximum Gasteiger partial charge on any atom is 0.120 e. The van der Waals surface area contributed by atoms with Crippen LogP contribution in [-0.2, 0) is 6.54 Å². The van der Waals surface area contributed by atoms with Gasteiger partial charge in [-0.05, 0) is 33.0 Å². The summed E-state index contributed by atoms with van der Waals surface area (Å²) in [6.45, 7) is 1.73. The summed E-state index contributed by atoms with van der Waals surface area (Å²) in [6.07, 6.45) is 6.57. The number of likely N-dealkylation sites (N-methyl/N-ethyl adjacent to an activating group) is 1. The van der Waals surface area contributed by atoms with E-state index in [1.165, 1.54) is 32.1 Å². The van der Waals surface area contributed by atoms with Gasteiger partial charge in [0.1, 0.15) is 5.75 Å². The van der Waals surface area contributed by atoms with E-state index in [0.29, 0.717) is 11.3 Å². The molecule has 1 aromatic rings. The molecular formula is C16H26N2O. The summed E-state index contributed by atoms with van der Waals surface area (Å²) in [7, 11) is 4.37. The van der Waals surface area contributed by atoms with Crippen molar-refractivity contribution < 1.29 is 5.11 Å². The van der Waals surface area contributed by atoms with Crippen molar-refractivity contribution >= 4 is 0 Å². The molecule has 0 radical (unpaired) electrons. The van der Waals surface area contributed by atoms with Crippen LogP contribution in [0.15, 0.2) is 24.3 Å². The predicted octanol–water partition coefficient (Wildman–Crippen LogP) is 2.75. The molecule has 0 bridgehead atoms. The van der Waals surface area contributed by atoms with Gasteiger partial charge in [-0.1, -0.05) is 37.5 Å². The zero-order valence-electron chi connectivity index (χ0n) is 12.2. The highest BCUT2D eigenvalue weighted by atomic mass is 16.3. The Morgan fingerprint density at radius 2 is 1.84 bits per heavy atom. The number of benzene rings is 1. The number of nitrogens with zero attached hydrogens (tertiary/aromatic N) is 1. The van der Waals surface area contributed by atoms with Crippen molar-refractivity contribution in [2.45, 2.75) is 44.2 Å². The molecule has 1 aliphatic carbocycles. The van der Waals surface area contributed by atoms with Crippen molar-refractivity contribution in [1.82, 2.24) is 10.2 Å². The van der Waals surface area contributed by atoms with Crippen molar-refractivity contribution in [2.75, 3.05) is 20.6 Å². The Morgan fingerprint density at radius 1 is 1.16 bits per heavy atom. The number of hydrogen-bond acceptors (Lipinski definition) is 3. The first-order valence-electron chi connectivity index (χ1n) is 7.29. The molecule has 3 heteroatoms. The Morgan fingerprint density at radius 3 is 2.47 bits per heavy atom. The molecule has 0 heterocycles. The molecule has 0 unspecified atom stereocenters. The second kappa shape index (κ2) is 6.40. The van der Waals surface area contributed by atoms with Crippen molar-refractivity contribution in [1.29, 1.82) is 0 Å². The van der Waals surface area contributed by atoms with Gasteiger partial charge in [0.05, 0.1) is 0 Å². The molecule has 1 aliphatic rings. The topological polar surface area (TPSA) is 35.5 Å². The highest BCUT2D eigenvalue weighted by Crippen LogP contribution is 2.31. The van der Waals surface area contributed by atoms with Crippen LogP contribution in [0.2, 0.25) is 0 Å². The van der Waals surface area contributed by atoms with Gasteiger partial charge in [0, 0.05) is 24.2 Å². The van der Waals surface area contributed by atoms with Crippen molar-refractivity contribution in [3.05, 3.63) is 29.8 Å². The van der Waals surface area contributed by atoms with E-state index >= 15 is 0 Å². The van der Waals surface area contributed by atoms with Crippen molar-refractivity contribution in [2.24, 2.45) is 0 Å². The number of phenolic OH excluding ortho intramolecular Hbond substituents is 1. The second-order valence-electron chi connectivity index (χ2n) is 5.91. The van der Waals surface area contributed by atoms with E-state index in [1.54, 1.807) is 6.07 Å². The maximum absolute atomic E-state index is 9.77. The SMILES string of the molecule is CN(C)C1(CNCc2ccccc2O)CCCCC1. The molecular weight excluding hydrogens is 236 g/mol. The highest BCUT2D eigenvalue weighted by molar-refractivity contribution is 5.31. The molecule has 0 amide bonds. The van der Waals surface area contributed by atoms with E-state index < -0.39 is 0 Å². The first-order valence-corrected chi connectivity index (χ1v) is 7.29. The normalized spacial score (nSPS) is 18.7. The number of hydrogen-bond donors (Lipinski definition) is 2. The lowest BCUT2D eigenvalue weighted by Gasteiger charge is -2.43. The van der Waals surface area contributed by atoms with Crippen LogP contribution < -0.4 is 5.32 Å². The number of rotatable bonds is 5. The van der Waals surface area contributed by atoms with Crippen LogP contribution >= 0.6 is 0 Å². The Balaban J connectivity index is 1.91. The van der Waals surface area contributed by atoms with Gasteiger partial charge in [-0.3, -0.25) is 0 Å². The third kappa shape index (κ3) is 3.48. The predicted molar refractivity (Wildman–Crippen MR) is 79.3 cm³/mol. The minimum Gasteiger partial charge on any atom is -0.508 e. The summed E-state index contributed by atoms with van der Waals surface area (Å²) in [5.41, 5.74) is 1.27. The lowest BCUT2D eigenvalue weighted by Crippen LogP contribution is -2.52. The standard InChI is InChI=1S/C16H26N2O/c1-18(2)16(10-6-3-7-11-16)13-17-12-14-8-4-5-9-15(14)19/h4-5,8-9,17,19H,3,6-7,10-13H2,1-2H3. The van der Waals surface area contributed by atoms with Gasteiger partial charge >= 0.3 is 0 Å². The summed E-state index contributed by atoms with van der Waals surface area (Å²) in [5.74, 6) is 0.387. The fraction of sp³-hybridized carbons (Fsp3) is 0.625. The van der Waals surface area contributed by atoms with Crippen LogP contribution in [0.4, 0.5) is 0 Å². The fourth-order valence-electron chi connectivity index (χ4n) is 3.08. The van der Waals surface area contributed by atoms with Crippen molar-refractivity contribution in [3.8, 4) is 5.75 Å². The molecule has 0 spiro atoms. The van der Waals surface area contributed by atoms with Crippen LogP contribution in [0.5, 0.6) is 5.75 Å². The van der Waals surface area contributed by atoms with Gasteiger partial charge in [-0.2, -0.15) is 0 Å². The first-order chi connectivity index (χ1) is 9.14. The molecule has 0 saturated heterocycles. The number of para-hydroxylation sites is 1. The van der Waals surface area contributed by atoms with Gasteiger partial charge in [0.15, 0.2) is 0 Å².